The van der Waals surface area contributed by atoms with Crippen LogP contribution in [0.4, 0.5) is 5.69 Å². The summed E-state index contributed by atoms with van der Waals surface area (Å²) in [4.78, 5) is 11.2. The number of ketones is 1. The van der Waals surface area contributed by atoms with Crippen LogP contribution in [0.2, 0.25) is 5.02 Å². The van der Waals surface area contributed by atoms with Gasteiger partial charge in [-0.15, -0.1) is 0 Å². The molecule has 1 saturated carbocycles. The lowest BCUT2D eigenvalue weighted by Gasteiger charge is -2.06. The van der Waals surface area contributed by atoms with Crippen molar-refractivity contribution in [2.45, 2.75) is 25.8 Å². The van der Waals surface area contributed by atoms with E-state index < -0.39 is 0 Å². The number of halogens is 1. The van der Waals surface area contributed by atoms with Crippen LogP contribution in [0.15, 0.2) is 18.2 Å². The summed E-state index contributed by atoms with van der Waals surface area (Å²) in [5.41, 5.74) is 1.62. The Kier molecular flexibility index (Phi) is 2.46. The lowest BCUT2D eigenvalue weighted by molar-refractivity contribution is 0.101. The molecule has 1 aliphatic rings. The molecule has 1 aromatic carbocycles. The second kappa shape index (κ2) is 3.62. The maximum Gasteiger partial charge on any atom is 0.159 e. The molecule has 2 nitrogen and oxygen atoms in total. The number of carbonyl (C=O) groups excluding carboxylic acids is 1. The number of nitrogens with one attached hydrogen (secondary N) is 1. The molecule has 1 aromatic rings. The molecular formula is C11H12ClNO. The van der Waals surface area contributed by atoms with Gasteiger partial charge >= 0.3 is 0 Å². The Bertz CT molecular complexity index is 372. The van der Waals surface area contributed by atoms with Crippen LogP contribution in [-0.4, -0.2) is 11.8 Å². The fourth-order valence-electron chi connectivity index (χ4n) is 1.34. The van der Waals surface area contributed by atoms with Gasteiger partial charge in [0.1, 0.15) is 0 Å². The van der Waals surface area contributed by atoms with Crippen molar-refractivity contribution >= 4 is 23.1 Å². The largest absolute Gasteiger partial charge is 0.382 e. The van der Waals surface area contributed by atoms with Gasteiger partial charge in [-0.25, -0.2) is 0 Å². The van der Waals surface area contributed by atoms with Crippen LogP contribution in [0, 0.1) is 0 Å². The number of hydrogen-bond acceptors (Lipinski definition) is 2. The molecule has 0 spiro atoms. The summed E-state index contributed by atoms with van der Waals surface area (Å²) in [5.74, 6) is 0.0475. The van der Waals surface area contributed by atoms with Gasteiger partial charge in [-0.3, -0.25) is 4.79 Å². The number of carbonyl (C=O) groups is 1. The second-order valence-electron chi connectivity index (χ2n) is 3.70. The van der Waals surface area contributed by atoms with Crippen LogP contribution in [0.1, 0.15) is 30.1 Å². The monoisotopic (exact) mass is 209 g/mol. The van der Waals surface area contributed by atoms with Crippen molar-refractivity contribution in [2.24, 2.45) is 0 Å². The highest BCUT2D eigenvalue weighted by molar-refractivity contribution is 6.31. The number of rotatable bonds is 3. The molecule has 0 saturated heterocycles. The minimum atomic E-state index is 0.0475. The van der Waals surface area contributed by atoms with E-state index in [1.54, 1.807) is 13.0 Å². The number of Topliss-reactive ketones (excluding diaryl/α,β-unsaturated/α-hetero) is 1. The van der Waals surface area contributed by atoms with E-state index in [2.05, 4.69) is 5.32 Å². The van der Waals surface area contributed by atoms with Gasteiger partial charge in [-0.05, 0) is 38.0 Å². The van der Waals surface area contributed by atoms with Crippen molar-refractivity contribution in [3.63, 3.8) is 0 Å². The molecule has 0 amide bonds. The summed E-state index contributed by atoms with van der Waals surface area (Å²) in [7, 11) is 0. The van der Waals surface area contributed by atoms with Gasteiger partial charge in [0.25, 0.3) is 0 Å². The highest BCUT2D eigenvalue weighted by Crippen LogP contribution is 2.27. The first-order valence-corrected chi connectivity index (χ1v) is 5.11. The molecule has 0 aromatic heterocycles. The van der Waals surface area contributed by atoms with Crippen molar-refractivity contribution in [1.82, 2.24) is 0 Å². The zero-order chi connectivity index (χ0) is 10.1. The quantitative estimate of drug-likeness (QED) is 0.775. The average Bonchev–Trinajstić information content (AvgIpc) is 2.87. The summed E-state index contributed by atoms with van der Waals surface area (Å²) in [6.07, 6.45) is 2.42. The second-order valence-corrected chi connectivity index (χ2v) is 4.14. The van der Waals surface area contributed by atoms with Crippen LogP contribution >= 0.6 is 11.6 Å². The topological polar surface area (TPSA) is 29.1 Å². The van der Waals surface area contributed by atoms with Crippen molar-refractivity contribution in [3.8, 4) is 0 Å². The van der Waals surface area contributed by atoms with E-state index in [1.807, 2.05) is 12.1 Å². The minimum Gasteiger partial charge on any atom is -0.382 e. The third-order valence-electron chi connectivity index (χ3n) is 2.25. The van der Waals surface area contributed by atoms with E-state index >= 15 is 0 Å². The molecule has 14 heavy (non-hydrogen) atoms. The lowest BCUT2D eigenvalue weighted by atomic mass is 10.1. The Morgan fingerprint density at radius 3 is 2.71 bits per heavy atom. The van der Waals surface area contributed by atoms with E-state index in [0.29, 0.717) is 16.6 Å². The van der Waals surface area contributed by atoms with Gasteiger partial charge in [0.15, 0.2) is 5.78 Å². The zero-order valence-electron chi connectivity index (χ0n) is 8.01. The number of benzene rings is 1. The molecule has 0 unspecified atom stereocenters. The maximum absolute atomic E-state index is 11.2. The first kappa shape index (κ1) is 9.53. The summed E-state index contributed by atoms with van der Waals surface area (Å²) >= 11 is 5.91. The minimum absolute atomic E-state index is 0.0475. The first-order chi connectivity index (χ1) is 6.65. The smallest absolute Gasteiger partial charge is 0.159 e. The molecule has 2 rings (SSSR count). The molecule has 0 atom stereocenters. The Hall–Kier alpha value is -1.02. The molecule has 1 aliphatic carbocycles. The van der Waals surface area contributed by atoms with Crippen LogP contribution in [0.5, 0.6) is 0 Å². The third kappa shape index (κ3) is 2.26. The summed E-state index contributed by atoms with van der Waals surface area (Å²) < 4.78 is 0. The van der Waals surface area contributed by atoms with Crippen LogP contribution in [0.25, 0.3) is 0 Å². The standard InChI is InChI=1S/C11H12ClNO/c1-7(14)8-4-9(12)6-11(5-8)13-10-2-3-10/h4-6,10,13H,2-3H2,1H3. The van der Waals surface area contributed by atoms with Crippen LogP contribution in [0.3, 0.4) is 0 Å². The third-order valence-corrected chi connectivity index (χ3v) is 2.47. The van der Waals surface area contributed by atoms with Crippen molar-refractivity contribution in [1.29, 1.82) is 0 Å². The predicted octanol–water partition coefficient (Wildman–Crippen LogP) is 3.12. The fraction of sp³-hybridized carbons (Fsp3) is 0.364. The van der Waals surface area contributed by atoms with Gasteiger partial charge in [0.05, 0.1) is 0 Å². The normalized spacial score (nSPS) is 15.3. The molecule has 1 fully saturated rings. The molecule has 74 valence electrons. The summed E-state index contributed by atoms with van der Waals surface area (Å²) in [5, 5.41) is 3.93. The van der Waals surface area contributed by atoms with Crippen LogP contribution < -0.4 is 5.32 Å². The summed E-state index contributed by atoms with van der Waals surface area (Å²) in [6.45, 7) is 1.55. The maximum atomic E-state index is 11.2. The molecule has 0 bridgehead atoms. The van der Waals surface area contributed by atoms with Gasteiger partial charge < -0.3 is 5.32 Å². The van der Waals surface area contributed by atoms with Crippen molar-refractivity contribution < 1.29 is 4.79 Å². The number of anilines is 1. The van der Waals surface area contributed by atoms with E-state index in [4.69, 9.17) is 11.6 Å². The molecule has 0 heterocycles. The van der Waals surface area contributed by atoms with Crippen molar-refractivity contribution in [3.05, 3.63) is 28.8 Å². The van der Waals surface area contributed by atoms with E-state index in [-0.39, 0.29) is 5.78 Å². The van der Waals surface area contributed by atoms with Crippen LogP contribution in [-0.2, 0) is 0 Å². The highest BCUT2D eigenvalue weighted by Gasteiger charge is 2.21. The molecule has 0 radical (unpaired) electrons. The van der Waals surface area contributed by atoms with Gasteiger partial charge in [-0.1, -0.05) is 11.6 Å². The highest BCUT2D eigenvalue weighted by atomic mass is 35.5. The lowest BCUT2D eigenvalue weighted by Crippen LogP contribution is -2.02. The Morgan fingerprint density at radius 1 is 1.43 bits per heavy atom. The summed E-state index contributed by atoms with van der Waals surface area (Å²) in [6, 6.07) is 5.98. The van der Waals surface area contributed by atoms with E-state index in [1.165, 1.54) is 12.8 Å². The Morgan fingerprint density at radius 2 is 2.14 bits per heavy atom. The molecular weight excluding hydrogens is 198 g/mol. The Labute approximate surface area is 88.3 Å². The molecule has 3 heteroatoms. The van der Waals surface area contributed by atoms with Gasteiger partial charge in [-0.2, -0.15) is 0 Å². The average molecular weight is 210 g/mol. The van der Waals surface area contributed by atoms with E-state index in [9.17, 15) is 4.79 Å². The SMILES string of the molecule is CC(=O)c1cc(Cl)cc(NC2CC2)c1. The Balaban J connectivity index is 2.25. The molecule has 1 N–H and O–H groups in total. The molecule has 0 aliphatic heterocycles. The number of hydrogen-bond donors (Lipinski definition) is 1. The zero-order valence-corrected chi connectivity index (χ0v) is 8.77. The van der Waals surface area contributed by atoms with Gasteiger partial charge in [0, 0.05) is 22.3 Å². The van der Waals surface area contributed by atoms with Crippen molar-refractivity contribution in [2.75, 3.05) is 5.32 Å². The van der Waals surface area contributed by atoms with Gasteiger partial charge in [0.2, 0.25) is 0 Å². The fourth-order valence-corrected chi connectivity index (χ4v) is 1.57. The first-order valence-electron chi connectivity index (χ1n) is 4.73. The predicted molar refractivity (Wildman–Crippen MR) is 58.1 cm³/mol. The van der Waals surface area contributed by atoms with E-state index in [0.717, 1.165) is 5.69 Å².